The number of para-hydroxylation sites is 2. The Labute approximate surface area is 145 Å². The SMILES string of the molecule is CN(Cc1ccc2ccccc2c1)C(=O)Nn1cnc2ccccc21. The molecule has 0 spiro atoms. The van der Waals surface area contributed by atoms with Crippen molar-refractivity contribution in [2.24, 2.45) is 0 Å². The second-order valence-electron chi connectivity index (χ2n) is 6.06. The first kappa shape index (κ1) is 15.2. The van der Waals surface area contributed by atoms with Crippen molar-refractivity contribution in [3.05, 3.63) is 78.6 Å². The Balaban J connectivity index is 1.49. The Bertz CT molecular complexity index is 1050. The van der Waals surface area contributed by atoms with Gasteiger partial charge in [-0.1, -0.05) is 48.5 Å². The molecule has 0 aliphatic heterocycles. The van der Waals surface area contributed by atoms with Gasteiger partial charge < -0.3 is 4.90 Å². The number of nitrogens with one attached hydrogen (secondary N) is 1. The Hall–Kier alpha value is -3.34. The minimum absolute atomic E-state index is 0.184. The monoisotopic (exact) mass is 330 g/mol. The van der Waals surface area contributed by atoms with Crippen molar-refractivity contribution in [3.63, 3.8) is 0 Å². The standard InChI is InChI=1S/C20H18N4O/c1-23(13-15-10-11-16-6-2-3-7-17(16)12-15)20(25)22-24-14-21-18-8-4-5-9-19(18)24/h2-12,14H,13H2,1H3,(H,22,25). The molecule has 124 valence electrons. The van der Waals surface area contributed by atoms with E-state index in [0.717, 1.165) is 16.6 Å². The van der Waals surface area contributed by atoms with Gasteiger partial charge in [0.05, 0.1) is 11.0 Å². The molecule has 0 unspecified atom stereocenters. The van der Waals surface area contributed by atoms with Crippen LogP contribution >= 0.6 is 0 Å². The molecule has 4 rings (SSSR count). The van der Waals surface area contributed by atoms with Crippen LogP contribution in [0.1, 0.15) is 5.56 Å². The second-order valence-corrected chi connectivity index (χ2v) is 6.06. The predicted octanol–water partition coefficient (Wildman–Crippen LogP) is 3.99. The number of amides is 2. The summed E-state index contributed by atoms with van der Waals surface area (Å²) in [5.74, 6) is 0. The van der Waals surface area contributed by atoms with E-state index in [-0.39, 0.29) is 6.03 Å². The Kier molecular flexibility index (Phi) is 3.82. The molecule has 0 saturated carbocycles. The number of hydrogen-bond acceptors (Lipinski definition) is 2. The van der Waals surface area contributed by atoms with Crippen molar-refractivity contribution >= 4 is 27.8 Å². The van der Waals surface area contributed by atoms with E-state index >= 15 is 0 Å². The van der Waals surface area contributed by atoms with Crippen molar-refractivity contribution in [2.75, 3.05) is 12.5 Å². The summed E-state index contributed by atoms with van der Waals surface area (Å²) in [4.78, 5) is 18.4. The van der Waals surface area contributed by atoms with Crippen LogP contribution in [0.25, 0.3) is 21.8 Å². The van der Waals surface area contributed by atoms with Gasteiger partial charge in [0, 0.05) is 13.6 Å². The van der Waals surface area contributed by atoms with Crippen molar-refractivity contribution < 1.29 is 4.79 Å². The number of carbonyl (C=O) groups excluding carboxylic acids is 1. The van der Waals surface area contributed by atoms with Crippen LogP contribution in [0.2, 0.25) is 0 Å². The number of nitrogens with zero attached hydrogens (tertiary/aromatic N) is 3. The fourth-order valence-corrected chi connectivity index (χ4v) is 2.92. The summed E-state index contributed by atoms with van der Waals surface area (Å²) in [7, 11) is 1.78. The molecule has 2 amide bonds. The number of hydrogen-bond donors (Lipinski definition) is 1. The van der Waals surface area contributed by atoms with Crippen LogP contribution in [-0.4, -0.2) is 27.6 Å². The van der Waals surface area contributed by atoms with E-state index in [1.165, 1.54) is 10.8 Å². The molecule has 1 aromatic heterocycles. The minimum Gasteiger partial charge on any atom is -0.322 e. The van der Waals surface area contributed by atoms with Crippen molar-refractivity contribution in [1.29, 1.82) is 0 Å². The molecule has 1 heterocycles. The highest BCUT2D eigenvalue weighted by molar-refractivity contribution is 5.85. The maximum absolute atomic E-state index is 12.5. The topological polar surface area (TPSA) is 50.2 Å². The lowest BCUT2D eigenvalue weighted by Crippen LogP contribution is -2.35. The van der Waals surface area contributed by atoms with Gasteiger partial charge in [-0.2, -0.15) is 0 Å². The molecule has 0 aliphatic rings. The first-order valence-corrected chi connectivity index (χ1v) is 8.12. The molecule has 5 heteroatoms. The zero-order chi connectivity index (χ0) is 17.2. The Morgan fingerprint density at radius 2 is 1.80 bits per heavy atom. The molecule has 0 atom stereocenters. The molecule has 3 aromatic carbocycles. The summed E-state index contributed by atoms with van der Waals surface area (Å²) in [6.07, 6.45) is 1.62. The van der Waals surface area contributed by atoms with E-state index in [4.69, 9.17) is 0 Å². The molecule has 0 aliphatic carbocycles. The van der Waals surface area contributed by atoms with Gasteiger partial charge in [0.15, 0.2) is 0 Å². The molecule has 0 saturated heterocycles. The highest BCUT2D eigenvalue weighted by Crippen LogP contribution is 2.17. The minimum atomic E-state index is -0.184. The van der Waals surface area contributed by atoms with E-state index < -0.39 is 0 Å². The fraction of sp³-hybridized carbons (Fsp3) is 0.100. The molecule has 0 fully saturated rings. The smallest absolute Gasteiger partial charge is 0.322 e. The number of benzene rings is 3. The van der Waals surface area contributed by atoms with Gasteiger partial charge in [0.2, 0.25) is 0 Å². The molecule has 25 heavy (non-hydrogen) atoms. The zero-order valence-electron chi connectivity index (χ0n) is 13.9. The number of aromatic nitrogens is 2. The van der Waals surface area contributed by atoms with Crippen molar-refractivity contribution in [2.45, 2.75) is 6.54 Å². The molecular formula is C20H18N4O. The van der Waals surface area contributed by atoms with Crippen LogP contribution in [0.4, 0.5) is 4.79 Å². The molecule has 0 bridgehead atoms. The predicted molar refractivity (Wildman–Crippen MR) is 99.9 cm³/mol. The van der Waals surface area contributed by atoms with Crippen LogP contribution in [0.5, 0.6) is 0 Å². The third kappa shape index (κ3) is 3.04. The molecule has 0 radical (unpaired) electrons. The van der Waals surface area contributed by atoms with Crippen molar-refractivity contribution in [3.8, 4) is 0 Å². The van der Waals surface area contributed by atoms with Crippen LogP contribution in [0, 0.1) is 0 Å². The van der Waals surface area contributed by atoms with Gasteiger partial charge in [-0.3, -0.25) is 0 Å². The lowest BCUT2D eigenvalue weighted by Gasteiger charge is -2.19. The first-order valence-electron chi connectivity index (χ1n) is 8.12. The number of imidazole rings is 1. The fourth-order valence-electron chi connectivity index (χ4n) is 2.92. The summed E-state index contributed by atoms with van der Waals surface area (Å²) in [5.41, 5.74) is 5.67. The van der Waals surface area contributed by atoms with Gasteiger partial charge in [0.25, 0.3) is 0 Å². The number of carbonyl (C=O) groups is 1. The van der Waals surface area contributed by atoms with E-state index in [9.17, 15) is 4.79 Å². The molecule has 5 nitrogen and oxygen atoms in total. The van der Waals surface area contributed by atoms with Crippen LogP contribution in [-0.2, 0) is 6.54 Å². The van der Waals surface area contributed by atoms with Gasteiger partial charge in [0.1, 0.15) is 6.33 Å². The normalized spacial score (nSPS) is 10.9. The highest BCUT2D eigenvalue weighted by atomic mass is 16.2. The van der Waals surface area contributed by atoms with Gasteiger partial charge in [-0.05, 0) is 34.5 Å². The third-order valence-corrected chi connectivity index (χ3v) is 4.25. The molecule has 1 N–H and O–H groups in total. The summed E-state index contributed by atoms with van der Waals surface area (Å²) >= 11 is 0. The van der Waals surface area contributed by atoms with E-state index in [1.807, 2.05) is 36.4 Å². The Morgan fingerprint density at radius 3 is 2.68 bits per heavy atom. The first-order chi connectivity index (χ1) is 12.2. The second kappa shape index (κ2) is 6.28. The van der Waals surface area contributed by atoms with E-state index in [2.05, 4.69) is 40.7 Å². The Morgan fingerprint density at radius 1 is 1.04 bits per heavy atom. The maximum Gasteiger partial charge on any atom is 0.336 e. The van der Waals surface area contributed by atoms with Crippen molar-refractivity contribution in [1.82, 2.24) is 14.6 Å². The van der Waals surface area contributed by atoms with E-state index in [1.54, 1.807) is 23.0 Å². The third-order valence-electron chi connectivity index (χ3n) is 4.25. The molecular weight excluding hydrogens is 312 g/mol. The zero-order valence-corrected chi connectivity index (χ0v) is 13.9. The van der Waals surface area contributed by atoms with E-state index in [0.29, 0.717) is 6.54 Å². The quantitative estimate of drug-likeness (QED) is 0.617. The molecule has 4 aromatic rings. The number of urea groups is 1. The lowest BCUT2D eigenvalue weighted by molar-refractivity contribution is 0.217. The number of rotatable bonds is 3. The summed E-state index contributed by atoms with van der Waals surface area (Å²) < 4.78 is 1.65. The largest absolute Gasteiger partial charge is 0.336 e. The lowest BCUT2D eigenvalue weighted by atomic mass is 10.1. The van der Waals surface area contributed by atoms with Gasteiger partial charge >= 0.3 is 6.03 Å². The summed E-state index contributed by atoms with van der Waals surface area (Å²) in [6, 6.07) is 22.0. The average Bonchev–Trinajstić information content (AvgIpc) is 3.04. The van der Waals surface area contributed by atoms with Gasteiger partial charge in [-0.25, -0.2) is 19.9 Å². The van der Waals surface area contributed by atoms with Crippen LogP contribution in [0.3, 0.4) is 0 Å². The summed E-state index contributed by atoms with van der Waals surface area (Å²) in [5, 5.41) is 2.37. The summed E-state index contributed by atoms with van der Waals surface area (Å²) in [6.45, 7) is 0.531. The van der Waals surface area contributed by atoms with Crippen LogP contribution in [0.15, 0.2) is 73.1 Å². The van der Waals surface area contributed by atoms with Crippen LogP contribution < -0.4 is 5.43 Å². The average molecular weight is 330 g/mol. The number of fused-ring (bicyclic) bond motifs is 2. The highest BCUT2D eigenvalue weighted by Gasteiger charge is 2.11. The maximum atomic E-state index is 12.5. The van der Waals surface area contributed by atoms with Gasteiger partial charge in [-0.15, -0.1) is 0 Å².